The molecule has 20 heavy (non-hydrogen) atoms. The Morgan fingerprint density at radius 3 is 2.65 bits per heavy atom. The fourth-order valence-corrected chi connectivity index (χ4v) is 3.09. The molecular formula is C13H8N2O4S. The summed E-state index contributed by atoms with van der Waals surface area (Å²) >= 11 is 1.10. The lowest BCUT2D eigenvalue weighted by Crippen LogP contribution is -2.29. The number of fused-ring (bicyclic) bond motifs is 1. The number of nitrogens with zero attached hydrogens (tertiary/aromatic N) is 2. The molecule has 2 aromatic rings. The number of carbonyl (C=O) groups excluding carboxylic acids is 2. The predicted octanol–water partition coefficient (Wildman–Crippen LogP) is 1.95. The van der Waals surface area contributed by atoms with Gasteiger partial charge in [0.25, 0.3) is 11.8 Å². The molecule has 0 saturated heterocycles. The summed E-state index contributed by atoms with van der Waals surface area (Å²) in [5.74, 6) is -2.22. The van der Waals surface area contributed by atoms with Crippen LogP contribution < -0.4 is 4.90 Å². The van der Waals surface area contributed by atoms with Gasteiger partial charge in [0.05, 0.1) is 16.7 Å². The molecule has 0 aromatic carbocycles. The van der Waals surface area contributed by atoms with Crippen molar-refractivity contribution in [2.24, 2.45) is 0 Å². The topological polar surface area (TPSA) is 87.6 Å². The van der Waals surface area contributed by atoms with E-state index in [1.807, 2.05) is 0 Å². The third-order valence-electron chi connectivity index (χ3n) is 2.96. The second-order valence-electron chi connectivity index (χ2n) is 4.25. The third kappa shape index (κ3) is 1.64. The van der Waals surface area contributed by atoms with Gasteiger partial charge in [-0.25, -0.2) is 9.69 Å². The number of amides is 2. The maximum absolute atomic E-state index is 12.3. The van der Waals surface area contributed by atoms with Gasteiger partial charge in [0, 0.05) is 17.3 Å². The largest absolute Gasteiger partial charge is 0.478 e. The van der Waals surface area contributed by atoms with E-state index in [0.29, 0.717) is 4.88 Å². The first-order valence-corrected chi connectivity index (χ1v) is 6.49. The first-order valence-electron chi connectivity index (χ1n) is 5.67. The number of hydrogen-bond donors (Lipinski definition) is 1. The number of carbonyl (C=O) groups is 3. The van der Waals surface area contributed by atoms with Gasteiger partial charge in [0.1, 0.15) is 5.00 Å². The highest BCUT2D eigenvalue weighted by molar-refractivity contribution is 7.17. The maximum Gasteiger partial charge on any atom is 0.338 e. The number of aromatic nitrogens is 1. The Balaban J connectivity index is 2.17. The molecule has 0 atom stereocenters. The summed E-state index contributed by atoms with van der Waals surface area (Å²) in [5, 5.41) is 9.31. The first kappa shape index (κ1) is 12.5. The number of rotatable bonds is 2. The molecule has 0 saturated carbocycles. The molecule has 0 aliphatic carbocycles. The molecule has 0 bridgehead atoms. The van der Waals surface area contributed by atoms with Gasteiger partial charge in [0.15, 0.2) is 0 Å². The summed E-state index contributed by atoms with van der Waals surface area (Å²) in [6, 6.07) is 2.90. The van der Waals surface area contributed by atoms with Crippen LogP contribution in [0.15, 0.2) is 24.5 Å². The Kier molecular flexibility index (Phi) is 2.65. The van der Waals surface area contributed by atoms with Gasteiger partial charge < -0.3 is 5.11 Å². The van der Waals surface area contributed by atoms with E-state index < -0.39 is 17.8 Å². The van der Waals surface area contributed by atoms with Crippen LogP contribution in [0, 0.1) is 6.92 Å². The van der Waals surface area contributed by atoms with E-state index in [1.165, 1.54) is 24.5 Å². The second-order valence-corrected chi connectivity index (χ2v) is 5.48. The van der Waals surface area contributed by atoms with Gasteiger partial charge in [-0.2, -0.15) is 0 Å². The predicted molar refractivity (Wildman–Crippen MR) is 71.4 cm³/mol. The van der Waals surface area contributed by atoms with Crippen LogP contribution in [0.1, 0.15) is 36.0 Å². The van der Waals surface area contributed by atoms with Crippen molar-refractivity contribution in [3.05, 3.63) is 46.1 Å². The van der Waals surface area contributed by atoms with Crippen molar-refractivity contribution in [3.8, 4) is 0 Å². The van der Waals surface area contributed by atoms with Crippen molar-refractivity contribution in [1.82, 2.24) is 4.98 Å². The van der Waals surface area contributed by atoms with E-state index in [4.69, 9.17) is 0 Å². The molecule has 0 radical (unpaired) electrons. The Labute approximate surface area is 117 Å². The Hall–Kier alpha value is -2.54. The summed E-state index contributed by atoms with van der Waals surface area (Å²) < 4.78 is 0. The fourth-order valence-electron chi connectivity index (χ4n) is 2.09. The van der Waals surface area contributed by atoms with Gasteiger partial charge in [-0.15, -0.1) is 11.3 Å². The number of carboxylic acids is 1. The average Bonchev–Trinajstić information content (AvgIpc) is 2.90. The monoisotopic (exact) mass is 288 g/mol. The molecule has 2 amide bonds. The molecule has 3 heterocycles. The van der Waals surface area contributed by atoms with E-state index in [1.54, 1.807) is 6.92 Å². The van der Waals surface area contributed by atoms with Crippen LogP contribution in [0.3, 0.4) is 0 Å². The number of aromatic carboxylic acids is 1. The van der Waals surface area contributed by atoms with Gasteiger partial charge in [0.2, 0.25) is 0 Å². The van der Waals surface area contributed by atoms with Crippen molar-refractivity contribution < 1.29 is 19.5 Å². The molecule has 7 heteroatoms. The number of carboxylic acid groups (broad SMARTS) is 1. The zero-order valence-electron chi connectivity index (χ0n) is 10.3. The van der Waals surface area contributed by atoms with Crippen LogP contribution in [-0.2, 0) is 0 Å². The van der Waals surface area contributed by atoms with Crippen LogP contribution in [0.25, 0.3) is 0 Å². The molecule has 100 valence electrons. The van der Waals surface area contributed by atoms with Gasteiger partial charge in [-0.05, 0) is 19.1 Å². The van der Waals surface area contributed by atoms with Gasteiger partial charge in [-0.1, -0.05) is 0 Å². The lowest BCUT2D eigenvalue weighted by molar-refractivity contribution is 0.0698. The Bertz CT molecular complexity index is 730. The van der Waals surface area contributed by atoms with Crippen LogP contribution in [-0.4, -0.2) is 27.9 Å². The van der Waals surface area contributed by atoms with Gasteiger partial charge in [-0.3, -0.25) is 14.6 Å². The minimum absolute atomic E-state index is 0.0463. The zero-order chi connectivity index (χ0) is 14.4. The molecule has 6 nitrogen and oxygen atoms in total. The van der Waals surface area contributed by atoms with Crippen molar-refractivity contribution >= 4 is 34.1 Å². The van der Waals surface area contributed by atoms with Crippen molar-refractivity contribution in [2.45, 2.75) is 6.92 Å². The van der Waals surface area contributed by atoms with E-state index in [-0.39, 0.29) is 21.7 Å². The highest BCUT2D eigenvalue weighted by Gasteiger charge is 2.39. The second kappa shape index (κ2) is 4.24. The number of anilines is 1. The molecule has 1 N–H and O–H groups in total. The number of thiophene rings is 1. The number of imide groups is 1. The summed E-state index contributed by atoms with van der Waals surface area (Å²) in [6.07, 6.45) is 2.74. The SMILES string of the molecule is Cc1cc(C(=O)O)c(N2C(=O)c3ccncc3C2=O)s1. The van der Waals surface area contributed by atoms with E-state index in [9.17, 15) is 19.5 Å². The minimum atomic E-state index is -1.17. The van der Waals surface area contributed by atoms with Crippen molar-refractivity contribution in [1.29, 1.82) is 0 Å². The smallest absolute Gasteiger partial charge is 0.338 e. The number of aryl methyl sites for hydroxylation is 1. The van der Waals surface area contributed by atoms with E-state index >= 15 is 0 Å². The maximum atomic E-state index is 12.3. The van der Waals surface area contributed by atoms with Gasteiger partial charge >= 0.3 is 5.97 Å². The summed E-state index contributed by atoms with van der Waals surface area (Å²) in [5.41, 5.74) is 0.391. The summed E-state index contributed by atoms with van der Waals surface area (Å²) in [4.78, 5) is 41.2. The highest BCUT2D eigenvalue weighted by Crippen LogP contribution is 2.36. The molecule has 3 rings (SSSR count). The van der Waals surface area contributed by atoms with Crippen molar-refractivity contribution in [3.63, 3.8) is 0 Å². The molecule has 0 unspecified atom stereocenters. The lowest BCUT2D eigenvalue weighted by atomic mass is 10.2. The molecule has 1 aliphatic heterocycles. The zero-order valence-corrected chi connectivity index (χ0v) is 11.1. The molecule has 1 aliphatic rings. The van der Waals surface area contributed by atoms with Crippen LogP contribution in [0.5, 0.6) is 0 Å². The number of hydrogen-bond acceptors (Lipinski definition) is 5. The summed E-state index contributed by atoms with van der Waals surface area (Å²) in [7, 11) is 0. The number of pyridine rings is 1. The minimum Gasteiger partial charge on any atom is -0.478 e. The summed E-state index contributed by atoms with van der Waals surface area (Å²) in [6.45, 7) is 1.72. The van der Waals surface area contributed by atoms with Crippen LogP contribution in [0.2, 0.25) is 0 Å². The average molecular weight is 288 g/mol. The lowest BCUT2D eigenvalue weighted by Gasteiger charge is -2.12. The Morgan fingerprint density at radius 2 is 2.00 bits per heavy atom. The fraction of sp³-hybridized carbons (Fsp3) is 0.0769. The van der Waals surface area contributed by atoms with E-state index in [2.05, 4.69) is 4.98 Å². The molecule has 0 fully saturated rings. The third-order valence-corrected chi connectivity index (χ3v) is 3.99. The van der Waals surface area contributed by atoms with E-state index in [0.717, 1.165) is 16.2 Å². The Morgan fingerprint density at radius 1 is 1.30 bits per heavy atom. The van der Waals surface area contributed by atoms with Crippen molar-refractivity contribution in [2.75, 3.05) is 4.90 Å². The van der Waals surface area contributed by atoms with Crippen LogP contribution >= 0.6 is 11.3 Å². The highest BCUT2D eigenvalue weighted by atomic mass is 32.1. The first-order chi connectivity index (χ1) is 9.50. The molecular weight excluding hydrogens is 280 g/mol. The molecule has 0 spiro atoms. The molecule has 2 aromatic heterocycles. The standard InChI is InChI=1S/C13H8N2O4S/c1-6-4-8(13(18)19)12(20-6)15-10(16)7-2-3-14-5-9(7)11(15)17/h2-5H,1H3,(H,18,19). The quantitative estimate of drug-likeness (QED) is 0.853. The normalized spacial score (nSPS) is 13.8. The van der Waals surface area contributed by atoms with Crippen LogP contribution in [0.4, 0.5) is 5.00 Å².